The fraction of sp³-hybridized carbons (Fsp3) is 1.00. The van der Waals surface area contributed by atoms with Crippen LogP contribution in [0.5, 0.6) is 0 Å². The molecule has 2 atom stereocenters. The Balaban J connectivity index is 2.19. The van der Waals surface area contributed by atoms with E-state index in [1.165, 1.54) is 0 Å². The zero-order valence-corrected chi connectivity index (χ0v) is 10.6. The van der Waals surface area contributed by atoms with Crippen molar-refractivity contribution in [2.75, 3.05) is 26.1 Å². The molecule has 4 heteroatoms. The second kappa shape index (κ2) is 6.04. The van der Waals surface area contributed by atoms with Gasteiger partial charge in [-0.1, -0.05) is 0 Å². The molecule has 0 spiro atoms. The lowest BCUT2D eigenvalue weighted by molar-refractivity contribution is -0.0157. The molecule has 0 aromatic carbocycles. The lowest BCUT2D eigenvalue weighted by Gasteiger charge is -2.21. The number of methoxy groups -OCH3 is 1. The Kier molecular flexibility index (Phi) is 5.33. The summed E-state index contributed by atoms with van der Waals surface area (Å²) >= 11 is 5.80. The van der Waals surface area contributed by atoms with Gasteiger partial charge in [-0.2, -0.15) is 0 Å². The van der Waals surface area contributed by atoms with Crippen LogP contribution in [0.25, 0.3) is 0 Å². The van der Waals surface area contributed by atoms with Crippen molar-refractivity contribution in [3.05, 3.63) is 0 Å². The van der Waals surface area contributed by atoms with Crippen LogP contribution in [0.4, 0.5) is 0 Å². The Morgan fingerprint density at radius 1 is 1.60 bits per heavy atom. The summed E-state index contributed by atoms with van der Waals surface area (Å²) in [6, 6.07) is 0.226. The van der Waals surface area contributed by atoms with Crippen molar-refractivity contribution in [3.63, 3.8) is 0 Å². The van der Waals surface area contributed by atoms with Gasteiger partial charge in [-0.05, 0) is 26.7 Å². The molecule has 1 saturated heterocycles. The van der Waals surface area contributed by atoms with Gasteiger partial charge in [0.2, 0.25) is 0 Å². The highest BCUT2D eigenvalue weighted by Gasteiger charge is 2.31. The van der Waals surface area contributed by atoms with Gasteiger partial charge in [0.25, 0.3) is 0 Å². The Morgan fingerprint density at radius 3 is 2.80 bits per heavy atom. The van der Waals surface area contributed by atoms with Gasteiger partial charge in [-0.3, -0.25) is 0 Å². The third-order valence-electron chi connectivity index (χ3n) is 2.74. The molecular weight excluding hydrogens is 214 g/mol. The van der Waals surface area contributed by atoms with E-state index in [1.54, 1.807) is 7.11 Å². The Bertz CT molecular complexity index is 187. The van der Waals surface area contributed by atoms with E-state index in [4.69, 9.17) is 21.1 Å². The SMILES string of the molecule is COCC(CCl)NCC1CCC(C)(C)O1. The van der Waals surface area contributed by atoms with Gasteiger partial charge in [-0.25, -0.2) is 0 Å². The van der Waals surface area contributed by atoms with Gasteiger partial charge < -0.3 is 14.8 Å². The highest BCUT2D eigenvalue weighted by atomic mass is 35.5. The van der Waals surface area contributed by atoms with Crippen molar-refractivity contribution in [2.24, 2.45) is 0 Å². The molecule has 0 aliphatic carbocycles. The summed E-state index contributed by atoms with van der Waals surface area (Å²) in [6.45, 7) is 5.80. The molecule has 0 amide bonds. The number of ether oxygens (including phenoxy) is 2. The fourth-order valence-electron chi connectivity index (χ4n) is 1.88. The van der Waals surface area contributed by atoms with Gasteiger partial charge in [0, 0.05) is 25.6 Å². The number of hydrogen-bond donors (Lipinski definition) is 1. The predicted octanol–water partition coefficient (Wildman–Crippen LogP) is 1.79. The summed E-state index contributed by atoms with van der Waals surface area (Å²) in [5.41, 5.74) is 0.0457. The van der Waals surface area contributed by atoms with E-state index < -0.39 is 0 Å². The highest BCUT2D eigenvalue weighted by molar-refractivity contribution is 6.18. The normalized spacial score (nSPS) is 26.8. The van der Waals surface area contributed by atoms with Crippen LogP contribution in [0.15, 0.2) is 0 Å². The summed E-state index contributed by atoms with van der Waals surface area (Å²) in [4.78, 5) is 0. The first-order valence-corrected chi connectivity index (χ1v) is 6.07. The predicted molar refractivity (Wildman–Crippen MR) is 62.6 cm³/mol. The van der Waals surface area contributed by atoms with Gasteiger partial charge in [0.05, 0.1) is 18.3 Å². The monoisotopic (exact) mass is 235 g/mol. The summed E-state index contributed by atoms with van der Waals surface area (Å²) in [7, 11) is 1.69. The van der Waals surface area contributed by atoms with Crippen LogP contribution in [0.3, 0.4) is 0 Å². The maximum atomic E-state index is 5.88. The van der Waals surface area contributed by atoms with Gasteiger partial charge in [-0.15, -0.1) is 11.6 Å². The molecule has 0 bridgehead atoms. The van der Waals surface area contributed by atoms with Crippen LogP contribution in [0.2, 0.25) is 0 Å². The summed E-state index contributed by atoms with van der Waals surface area (Å²) in [5.74, 6) is 0.573. The van der Waals surface area contributed by atoms with Crippen molar-refractivity contribution >= 4 is 11.6 Å². The van der Waals surface area contributed by atoms with Crippen LogP contribution in [-0.4, -0.2) is 43.9 Å². The molecule has 0 saturated carbocycles. The molecule has 15 heavy (non-hydrogen) atoms. The van der Waals surface area contributed by atoms with Crippen LogP contribution in [0.1, 0.15) is 26.7 Å². The van der Waals surface area contributed by atoms with Gasteiger partial charge >= 0.3 is 0 Å². The van der Waals surface area contributed by atoms with Crippen LogP contribution in [-0.2, 0) is 9.47 Å². The topological polar surface area (TPSA) is 30.5 Å². The first kappa shape index (κ1) is 13.2. The van der Waals surface area contributed by atoms with Crippen molar-refractivity contribution in [1.82, 2.24) is 5.32 Å². The molecule has 1 rings (SSSR count). The Hall–Kier alpha value is 0.170. The molecule has 1 aliphatic heterocycles. The van der Waals surface area contributed by atoms with Crippen LogP contribution in [0, 0.1) is 0 Å². The molecule has 0 radical (unpaired) electrons. The van der Waals surface area contributed by atoms with E-state index in [9.17, 15) is 0 Å². The number of nitrogens with one attached hydrogen (secondary N) is 1. The minimum atomic E-state index is 0.0457. The minimum absolute atomic E-state index is 0.0457. The fourth-order valence-corrected chi connectivity index (χ4v) is 2.08. The zero-order chi connectivity index (χ0) is 11.3. The zero-order valence-electron chi connectivity index (χ0n) is 9.88. The molecule has 2 unspecified atom stereocenters. The van der Waals surface area contributed by atoms with Crippen LogP contribution >= 0.6 is 11.6 Å². The van der Waals surface area contributed by atoms with E-state index in [-0.39, 0.29) is 11.6 Å². The van der Waals surface area contributed by atoms with E-state index in [2.05, 4.69) is 19.2 Å². The number of hydrogen-bond acceptors (Lipinski definition) is 3. The molecule has 0 aromatic heterocycles. The molecule has 3 nitrogen and oxygen atoms in total. The van der Waals surface area contributed by atoms with E-state index >= 15 is 0 Å². The number of halogens is 1. The lowest BCUT2D eigenvalue weighted by Crippen LogP contribution is -2.40. The smallest absolute Gasteiger partial charge is 0.0707 e. The highest BCUT2D eigenvalue weighted by Crippen LogP contribution is 2.28. The Labute approximate surface area is 97.5 Å². The molecular formula is C11H22ClNO2. The first-order valence-electron chi connectivity index (χ1n) is 5.53. The standard InChI is InChI=1S/C11H22ClNO2/c1-11(2)5-4-10(15-11)7-13-9(6-12)8-14-3/h9-10,13H,4-8H2,1-3H3. The van der Waals surface area contributed by atoms with Crippen molar-refractivity contribution in [3.8, 4) is 0 Å². The molecule has 1 heterocycles. The second-order valence-electron chi connectivity index (χ2n) is 4.75. The summed E-state index contributed by atoms with van der Waals surface area (Å²) < 4.78 is 10.9. The average molecular weight is 236 g/mol. The molecule has 90 valence electrons. The van der Waals surface area contributed by atoms with Crippen LogP contribution < -0.4 is 5.32 Å². The summed E-state index contributed by atoms with van der Waals surface area (Å²) in [5, 5.41) is 3.37. The lowest BCUT2D eigenvalue weighted by atomic mass is 10.1. The van der Waals surface area contributed by atoms with E-state index in [1.807, 2.05) is 0 Å². The first-order chi connectivity index (χ1) is 7.07. The number of alkyl halides is 1. The number of rotatable bonds is 6. The molecule has 1 aliphatic rings. The summed E-state index contributed by atoms with van der Waals surface area (Å²) in [6.07, 6.45) is 2.58. The average Bonchev–Trinajstić information content (AvgIpc) is 2.53. The quantitative estimate of drug-likeness (QED) is 0.712. The van der Waals surface area contributed by atoms with E-state index in [0.717, 1.165) is 19.4 Å². The van der Waals surface area contributed by atoms with Crippen molar-refractivity contribution in [1.29, 1.82) is 0 Å². The van der Waals surface area contributed by atoms with E-state index in [0.29, 0.717) is 18.6 Å². The van der Waals surface area contributed by atoms with Gasteiger partial charge in [0.1, 0.15) is 0 Å². The maximum Gasteiger partial charge on any atom is 0.0707 e. The second-order valence-corrected chi connectivity index (χ2v) is 5.06. The Morgan fingerprint density at radius 2 is 2.33 bits per heavy atom. The van der Waals surface area contributed by atoms with Gasteiger partial charge in [0.15, 0.2) is 0 Å². The molecule has 1 N–H and O–H groups in total. The molecule has 0 aromatic rings. The van der Waals surface area contributed by atoms with Crippen molar-refractivity contribution < 1.29 is 9.47 Å². The van der Waals surface area contributed by atoms with Crippen molar-refractivity contribution in [2.45, 2.75) is 44.4 Å². The molecule has 1 fully saturated rings. The largest absolute Gasteiger partial charge is 0.383 e. The third-order valence-corrected chi connectivity index (χ3v) is 3.11. The third kappa shape index (κ3) is 4.68. The minimum Gasteiger partial charge on any atom is -0.383 e. The maximum absolute atomic E-state index is 5.88.